The molecule has 1 aliphatic rings. The molecule has 2 aromatic rings. The number of anilines is 2. The normalized spacial score (nSPS) is 16.9. The molecular weight excluding hydrogens is 204 g/mol. The van der Waals surface area contributed by atoms with Crippen molar-refractivity contribution in [2.24, 2.45) is 0 Å². The smallest absolute Gasteiger partial charge is 0.180 e. The third-order valence-corrected chi connectivity index (χ3v) is 2.79. The fraction of sp³-hybridized carbons (Fsp3) is 0.400. The minimum Gasteiger partial charge on any atom is -0.382 e. The van der Waals surface area contributed by atoms with Gasteiger partial charge in [-0.25, -0.2) is 9.97 Å². The lowest BCUT2D eigenvalue weighted by atomic mass is 10.3. The quantitative estimate of drug-likeness (QED) is 0.689. The molecule has 3 rings (SSSR count). The lowest BCUT2D eigenvalue weighted by molar-refractivity contribution is 0.585. The van der Waals surface area contributed by atoms with E-state index in [1.54, 1.807) is 12.4 Å². The Labute approximate surface area is 93.1 Å². The van der Waals surface area contributed by atoms with Crippen molar-refractivity contribution in [1.29, 1.82) is 0 Å². The first-order valence-electron chi connectivity index (χ1n) is 5.39. The Morgan fingerprint density at radius 1 is 1.31 bits per heavy atom. The van der Waals surface area contributed by atoms with E-state index in [0.29, 0.717) is 5.82 Å². The van der Waals surface area contributed by atoms with Crippen LogP contribution < -0.4 is 16.0 Å². The molecule has 1 fully saturated rings. The predicted molar refractivity (Wildman–Crippen MR) is 62.5 cm³/mol. The van der Waals surface area contributed by atoms with Gasteiger partial charge < -0.3 is 20.4 Å². The van der Waals surface area contributed by atoms with Crippen molar-refractivity contribution in [2.45, 2.75) is 0 Å². The van der Waals surface area contributed by atoms with Crippen molar-refractivity contribution >= 4 is 17.3 Å². The predicted octanol–water partition coefficient (Wildman–Crippen LogP) is -0.279. The molecule has 2 aromatic heterocycles. The van der Waals surface area contributed by atoms with Gasteiger partial charge in [0.25, 0.3) is 0 Å². The highest BCUT2D eigenvalue weighted by Crippen LogP contribution is 2.19. The Balaban J connectivity index is 2.09. The first-order valence-corrected chi connectivity index (χ1v) is 5.39. The van der Waals surface area contributed by atoms with E-state index in [2.05, 4.69) is 20.2 Å². The molecule has 6 nitrogen and oxygen atoms in total. The summed E-state index contributed by atoms with van der Waals surface area (Å²) >= 11 is 0. The fourth-order valence-corrected chi connectivity index (χ4v) is 2.02. The average molecular weight is 218 g/mol. The van der Waals surface area contributed by atoms with Crippen LogP contribution >= 0.6 is 0 Å². The van der Waals surface area contributed by atoms with Gasteiger partial charge in [0.1, 0.15) is 5.82 Å². The number of nitrogens with one attached hydrogen (secondary N) is 1. The second kappa shape index (κ2) is 3.64. The van der Waals surface area contributed by atoms with Crippen molar-refractivity contribution in [3.8, 4) is 0 Å². The largest absolute Gasteiger partial charge is 0.382 e. The topological polar surface area (TPSA) is 71.5 Å². The maximum Gasteiger partial charge on any atom is 0.180 e. The number of piperazine rings is 1. The van der Waals surface area contributed by atoms with E-state index in [0.717, 1.165) is 37.6 Å². The van der Waals surface area contributed by atoms with Gasteiger partial charge in [0.05, 0.1) is 6.20 Å². The van der Waals surface area contributed by atoms with Crippen LogP contribution in [0.1, 0.15) is 0 Å². The molecule has 0 unspecified atom stereocenters. The van der Waals surface area contributed by atoms with E-state index in [9.17, 15) is 0 Å². The highest BCUT2D eigenvalue weighted by Gasteiger charge is 2.16. The molecule has 0 aromatic carbocycles. The number of fused-ring (bicyclic) bond motifs is 1. The van der Waals surface area contributed by atoms with Crippen molar-refractivity contribution in [3.63, 3.8) is 0 Å². The standard InChI is InChI=1S/C10H14N6/c11-8-7-16-6-3-13-9(16)10(14-8)15-4-1-12-2-5-15/h3,6-7,12H,1-2,4-5,11H2. The highest BCUT2D eigenvalue weighted by molar-refractivity contribution is 5.66. The molecule has 3 heterocycles. The van der Waals surface area contributed by atoms with Crippen molar-refractivity contribution < 1.29 is 0 Å². The zero-order valence-corrected chi connectivity index (χ0v) is 8.93. The molecule has 0 amide bonds. The van der Waals surface area contributed by atoms with E-state index in [4.69, 9.17) is 5.73 Å². The molecule has 0 spiro atoms. The number of hydrogen-bond donors (Lipinski definition) is 2. The Hall–Kier alpha value is -1.82. The molecular formula is C10H14N6. The first-order chi connectivity index (χ1) is 7.84. The summed E-state index contributed by atoms with van der Waals surface area (Å²) in [5, 5.41) is 3.31. The second-order valence-electron chi connectivity index (χ2n) is 3.88. The minimum absolute atomic E-state index is 0.527. The Bertz CT molecular complexity index is 499. The van der Waals surface area contributed by atoms with Gasteiger partial charge in [0.15, 0.2) is 11.5 Å². The van der Waals surface area contributed by atoms with Crippen LogP contribution in [0.15, 0.2) is 18.6 Å². The lowest BCUT2D eigenvalue weighted by Crippen LogP contribution is -2.44. The molecule has 84 valence electrons. The number of aromatic nitrogens is 3. The Kier molecular flexibility index (Phi) is 2.14. The molecule has 0 radical (unpaired) electrons. The molecule has 6 heteroatoms. The minimum atomic E-state index is 0.527. The lowest BCUT2D eigenvalue weighted by Gasteiger charge is -2.28. The third-order valence-electron chi connectivity index (χ3n) is 2.79. The van der Waals surface area contributed by atoms with Crippen LogP contribution in [0.3, 0.4) is 0 Å². The van der Waals surface area contributed by atoms with Crippen LogP contribution in [0.2, 0.25) is 0 Å². The van der Waals surface area contributed by atoms with Crippen molar-refractivity contribution in [1.82, 2.24) is 19.7 Å². The number of nitrogen functional groups attached to an aromatic ring is 1. The summed E-state index contributed by atoms with van der Waals surface area (Å²) < 4.78 is 1.92. The van der Waals surface area contributed by atoms with Crippen LogP contribution in [0.4, 0.5) is 11.6 Å². The zero-order chi connectivity index (χ0) is 11.0. The molecule has 0 bridgehead atoms. The third kappa shape index (κ3) is 1.47. The van der Waals surface area contributed by atoms with Crippen LogP contribution in [-0.2, 0) is 0 Å². The first kappa shape index (κ1) is 9.41. The highest BCUT2D eigenvalue weighted by atomic mass is 15.3. The van der Waals surface area contributed by atoms with Gasteiger partial charge in [-0.15, -0.1) is 0 Å². The monoisotopic (exact) mass is 218 g/mol. The molecule has 0 saturated carbocycles. The summed E-state index contributed by atoms with van der Waals surface area (Å²) in [6.45, 7) is 3.84. The van der Waals surface area contributed by atoms with Gasteiger partial charge in [0, 0.05) is 38.6 Å². The summed E-state index contributed by atoms with van der Waals surface area (Å²) in [6, 6.07) is 0. The molecule has 0 aliphatic carbocycles. The van der Waals surface area contributed by atoms with Crippen LogP contribution in [0.5, 0.6) is 0 Å². The van der Waals surface area contributed by atoms with Gasteiger partial charge in [-0.3, -0.25) is 0 Å². The average Bonchev–Trinajstić information content (AvgIpc) is 2.77. The Morgan fingerprint density at radius 3 is 2.94 bits per heavy atom. The van der Waals surface area contributed by atoms with Crippen LogP contribution in [0.25, 0.3) is 5.65 Å². The van der Waals surface area contributed by atoms with Crippen LogP contribution in [-0.4, -0.2) is 40.5 Å². The van der Waals surface area contributed by atoms with E-state index < -0.39 is 0 Å². The van der Waals surface area contributed by atoms with Gasteiger partial charge in [-0.1, -0.05) is 0 Å². The summed E-state index contributed by atoms with van der Waals surface area (Å²) in [6.07, 6.45) is 5.44. The summed E-state index contributed by atoms with van der Waals surface area (Å²) in [7, 11) is 0. The number of hydrogen-bond acceptors (Lipinski definition) is 5. The van der Waals surface area contributed by atoms with Gasteiger partial charge in [-0.2, -0.15) is 0 Å². The molecule has 3 N–H and O–H groups in total. The maximum atomic E-state index is 5.79. The fourth-order valence-electron chi connectivity index (χ4n) is 2.02. The second-order valence-corrected chi connectivity index (χ2v) is 3.88. The number of nitrogens with zero attached hydrogens (tertiary/aromatic N) is 4. The van der Waals surface area contributed by atoms with E-state index >= 15 is 0 Å². The molecule has 16 heavy (non-hydrogen) atoms. The number of rotatable bonds is 1. The van der Waals surface area contributed by atoms with Gasteiger partial charge in [0.2, 0.25) is 0 Å². The van der Waals surface area contributed by atoms with Crippen LogP contribution in [0, 0.1) is 0 Å². The van der Waals surface area contributed by atoms with E-state index in [1.165, 1.54) is 0 Å². The summed E-state index contributed by atoms with van der Waals surface area (Å²) in [5.74, 6) is 1.41. The Morgan fingerprint density at radius 2 is 2.12 bits per heavy atom. The SMILES string of the molecule is Nc1cn2ccnc2c(N2CCNCC2)n1. The van der Waals surface area contributed by atoms with E-state index in [-0.39, 0.29) is 0 Å². The van der Waals surface area contributed by atoms with Gasteiger partial charge in [-0.05, 0) is 0 Å². The maximum absolute atomic E-state index is 5.79. The number of nitrogens with two attached hydrogens (primary N) is 1. The summed E-state index contributed by atoms with van der Waals surface area (Å²) in [5.41, 5.74) is 6.66. The van der Waals surface area contributed by atoms with E-state index in [1.807, 2.05) is 10.6 Å². The van der Waals surface area contributed by atoms with Crippen molar-refractivity contribution in [2.75, 3.05) is 36.8 Å². The summed E-state index contributed by atoms with van der Waals surface area (Å²) in [4.78, 5) is 10.9. The zero-order valence-electron chi connectivity index (χ0n) is 8.93. The number of imidazole rings is 1. The van der Waals surface area contributed by atoms with Crippen molar-refractivity contribution in [3.05, 3.63) is 18.6 Å². The van der Waals surface area contributed by atoms with Gasteiger partial charge >= 0.3 is 0 Å². The molecule has 1 saturated heterocycles. The molecule has 1 aliphatic heterocycles. The molecule has 0 atom stereocenters.